The van der Waals surface area contributed by atoms with E-state index in [9.17, 15) is 0 Å². The van der Waals surface area contributed by atoms with Crippen LogP contribution in [0.1, 0.15) is 46.0 Å². The standard InChI is InChI=1S/C12H20BrN/c1-9-5-7-12(14)10(8-13)4-3-6-11(9,12)2/h8-9H,3-7,14H2,1-2H3/b10-8+. The lowest BCUT2D eigenvalue weighted by atomic mass is 9.60. The van der Waals surface area contributed by atoms with Gasteiger partial charge in [0.2, 0.25) is 0 Å². The molecule has 14 heavy (non-hydrogen) atoms. The minimum Gasteiger partial charge on any atom is -0.321 e. The quantitative estimate of drug-likeness (QED) is 0.706. The molecule has 0 aromatic carbocycles. The zero-order chi connectivity index (χ0) is 10.4. The van der Waals surface area contributed by atoms with Gasteiger partial charge in [-0.25, -0.2) is 0 Å². The number of halogens is 1. The van der Waals surface area contributed by atoms with Crippen molar-refractivity contribution in [1.29, 1.82) is 0 Å². The van der Waals surface area contributed by atoms with E-state index in [2.05, 4.69) is 34.8 Å². The molecule has 80 valence electrons. The van der Waals surface area contributed by atoms with Gasteiger partial charge in [0.05, 0.1) is 0 Å². The van der Waals surface area contributed by atoms with E-state index in [1.165, 1.54) is 37.7 Å². The largest absolute Gasteiger partial charge is 0.321 e. The zero-order valence-corrected chi connectivity index (χ0v) is 10.7. The lowest BCUT2D eigenvalue weighted by molar-refractivity contribution is 0.119. The Bertz CT molecular complexity index is 273. The van der Waals surface area contributed by atoms with Crippen molar-refractivity contribution >= 4 is 15.9 Å². The van der Waals surface area contributed by atoms with Crippen LogP contribution in [0.3, 0.4) is 0 Å². The fraction of sp³-hybridized carbons (Fsp3) is 0.833. The normalized spacial score (nSPS) is 50.9. The Hall–Kier alpha value is 0.180. The molecule has 0 bridgehead atoms. The van der Waals surface area contributed by atoms with Crippen molar-refractivity contribution in [2.24, 2.45) is 17.1 Å². The molecule has 0 radical (unpaired) electrons. The molecule has 2 rings (SSSR count). The number of rotatable bonds is 0. The fourth-order valence-electron chi connectivity index (χ4n) is 3.51. The minimum absolute atomic E-state index is 0.0197. The number of fused-ring (bicyclic) bond motifs is 1. The molecule has 2 saturated carbocycles. The van der Waals surface area contributed by atoms with E-state index in [0.29, 0.717) is 5.41 Å². The molecule has 0 heterocycles. The molecule has 0 saturated heterocycles. The molecule has 2 fully saturated rings. The predicted octanol–water partition coefficient (Wildman–Crippen LogP) is 3.58. The van der Waals surface area contributed by atoms with E-state index in [0.717, 1.165) is 5.92 Å². The summed E-state index contributed by atoms with van der Waals surface area (Å²) in [7, 11) is 0. The van der Waals surface area contributed by atoms with Gasteiger partial charge < -0.3 is 5.73 Å². The summed E-state index contributed by atoms with van der Waals surface area (Å²) >= 11 is 3.48. The van der Waals surface area contributed by atoms with Crippen molar-refractivity contribution < 1.29 is 0 Å². The third-order valence-electron chi connectivity index (χ3n) is 4.93. The maximum Gasteiger partial charge on any atom is 0.0434 e. The first-order valence-electron chi connectivity index (χ1n) is 5.63. The van der Waals surface area contributed by atoms with Crippen LogP contribution >= 0.6 is 15.9 Å². The smallest absolute Gasteiger partial charge is 0.0434 e. The van der Waals surface area contributed by atoms with E-state index in [-0.39, 0.29) is 5.54 Å². The van der Waals surface area contributed by atoms with Crippen LogP contribution in [0.25, 0.3) is 0 Å². The molecule has 0 spiro atoms. The average molecular weight is 258 g/mol. The Morgan fingerprint density at radius 1 is 1.50 bits per heavy atom. The first kappa shape index (κ1) is 10.7. The van der Waals surface area contributed by atoms with E-state index < -0.39 is 0 Å². The van der Waals surface area contributed by atoms with E-state index in [1.807, 2.05) is 0 Å². The molecule has 1 nitrogen and oxygen atoms in total. The van der Waals surface area contributed by atoms with Gasteiger partial charge in [-0.05, 0) is 54.0 Å². The summed E-state index contributed by atoms with van der Waals surface area (Å²) in [5.41, 5.74) is 8.40. The highest BCUT2D eigenvalue weighted by Crippen LogP contribution is 2.58. The summed E-state index contributed by atoms with van der Waals surface area (Å²) in [6.45, 7) is 4.76. The molecule has 2 heteroatoms. The van der Waals surface area contributed by atoms with Crippen molar-refractivity contribution in [1.82, 2.24) is 0 Å². The second kappa shape index (κ2) is 3.34. The summed E-state index contributed by atoms with van der Waals surface area (Å²) in [4.78, 5) is 2.09. The van der Waals surface area contributed by atoms with Crippen LogP contribution in [0.4, 0.5) is 0 Å². The number of nitrogens with two attached hydrogens (primary N) is 1. The first-order chi connectivity index (χ1) is 6.54. The summed E-state index contributed by atoms with van der Waals surface area (Å²) in [5.74, 6) is 0.773. The third-order valence-corrected chi connectivity index (χ3v) is 5.48. The summed E-state index contributed by atoms with van der Waals surface area (Å²) < 4.78 is 0. The van der Waals surface area contributed by atoms with Crippen molar-refractivity contribution in [3.05, 3.63) is 10.6 Å². The Morgan fingerprint density at radius 3 is 2.86 bits per heavy atom. The van der Waals surface area contributed by atoms with Crippen LogP contribution in [-0.2, 0) is 0 Å². The van der Waals surface area contributed by atoms with Gasteiger partial charge >= 0.3 is 0 Å². The third kappa shape index (κ3) is 1.16. The van der Waals surface area contributed by atoms with Crippen molar-refractivity contribution in [3.63, 3.8) is 0 Å². The second-order valence-electron chi connectivity index (χ2n) is 5.32. The van der Waals surface area contributed by atoms with Crippen LogP contribution in [0, 0.1) is 11.3 Å². The highest BCUT2D eigenvalue weighted by molar-refractivity contribution is 9.11. The SMILES string of the molecule is CC1CCC2(N)/C(=C/Br)CCCC12C. The number of hydrogen-bond acceptors (Lipinski definition) is 1. The van der Waals surface area contributed by atoms with Crippen LogP contribution in [0.2, 0.25) is 0 Å². The molecule has 3 atom stereocenters. The molecule has 2 N–H and O–H groups in total. The highest BCUT2D eigenvalue weighted by atomic mass is 79.9. The van der Waals surface area contributed by atoms with Gasteiger partial charge in [-0.15, -0.1) is 0 Å². The summed E-state index contributed by atoms with van der Waals surface area (Å²) in [6.07, 6.45) is 6.25. The van der Waals surface area contributed by atoms with Crippen LogP contribution in [0.15, 0.2) is 10.6 Å². The van der Waals surface area contributed by atoms with Crippen LogP contribution in [0.5, 0.6) is 0 Å². The van der Waals surface area contributed by atoms with Gasteiger partial charge in [-0.2, -0.15) is 0 Å². The van der Waals surface area contributed by atoms with E-state index >= 15 is 0 Å². The average Bonchev–Trinajstić information content (AvgIpc) is 2.40. The van der Waals surface area contributed by atoms with Gasteiger partial charge in [0.1, 0.15) is 0 Å². The molecular formula is C12H20BrN. The van der Waals surface area contributed by atoms with Crippen molar-refractivity contribution in [3.8, 4) is 0 Å². The second-order valence-corrected chi connectivity index (χ2v) is 5.77. The van der Waals surface area contributed by atoms with Gasteiger partial charge in [0.15, 0.2) is 0 Å². The summed E-state index contributed by atoms with van der Waals surface area (Å²) in [5, 5.41) is 0. The number of hydrogen-bond donors (Lipinski definition) is 1. The Kier molecular flexibility index (Phi) is 2.55. The van der Waals surface area contributed by atoms with Gasteiger partial charge in [-0.3, -0.25) is 0 Å². The van der Waals surface area contributed by atoms with Gasteiger partial charge in [0, 0.05) is 5.54 Å². The zero-order valence-electron chi connectivity index (χ0n) is 9.15. The minimum atomic E-state index is -0.0197. The molecule has 0 amide bonds. The first-order valence-corrected chi connectivity index (χ1v) is 6.55. The molecule has 0 aromatic heterocycles. The molecule has 3 unspecified atom stereocenters. The predicted molar refractivity (Wildman–Crippen MR) is 64.3 cm³/mol. The lowest BCUT2D eigenvalue weighted by Gasteiger charge is -2.49. The van der Waals surface area contributed by atoms with E-state index in [4.69, 9.17) is 5.73 Å². The molecule has 2 aliphatic carbocycles. The molecule has 0 aliphatic heterocycles. The van der Waals surface area contributed by atoms with Gasteiger partial charge in [-0.1, -0.05) is 29.8 Å². The molecular weight excluding hydrogens is 238 g/mol. The maximum atomic E-state index is 6.65. The Morgan fingerprint density at radius 2 is 2.21 bits per heavy atom. The molecule has 2 aliphatic rings. The fourth-order valence-corrected chi connectivity index (χ4v) is 4.14. The monoisotopic (exact) mass is 257 g/mol. The Labute approximate surface area is 95.3 Å². The van der Waals surface area contributed by atoms with Crippen molar-refractivity contribution in [2.75, 3.05) is 0 Å². The highest BCUT2D eigenvalue weighted by Gasteiger charge is 2.56. The maximum absolute atomic E-state index is 6.65. The van der Waals surface area contributed by atoms with Gasteiger partial charge in [0.25, 0.3) is 0 Å². The van der Waals surface area contributed by atoms with E-state index in [1.54, 1.807) is 0 Å². The molecule has 0 aromatic rings. The topological polar surface area (TPSA) is 26.0 Å². The lowest BCUT2D eigenvalue weighted by Crippen LogP contribution is -2.55. The van der Waals surface area contributed by atoms with Crippen LogP contribution in [-0.4, -0.2) is 5.54 Å². The van der Waals surface area contributed by atoms with Crippen LogP contribution < -0.4 is 5.73 Å². The summed E-state index contributed by atoms with van der Waals surface area (Å²) in [6, 6.07) is 0. The Balaban J connectivity index is 2.42. The van der Waals surface area contributed by atoms with Crippen molar-refractivity contribution in [2.45, 2.75) is 51.5 Å².